The molecule has 0 aliphatic carbocycles. The van der Waals surface area contributed by atoms with Crippen molar-refractivity contribution in [3.63, 3.8) is 0 Å². The predicted molar refractivity (Wildman–Crippen MR) is 124 cm³/mol. The summed E-state index contributed by atoms with van der Waals surface area (Å²) in [6.45, 7) is 10.1. The van der Waals surface area contributed by atoms with E-state index in [2.05, 4.69) is 38.0 Å². The van der Waals surface area contributed by atoms with E-state index in [0.717, 1.165) is 11.0 Å². The number of amides is 2. The van der Waals surface area contributed by atoms with Crippen molar-refractivity contribution in [2.24, 2.45) is 11.8 Å². The Bertz CT molecular complexity index is 1060. The molecule has 6 nitrogen and oxygen atoms in total. The Labute approximate surface area is 188 Å². The van der Waals surface area contributed by atoms with Gasteiger partial charge in [0, 0.05) is 18.7 Å². The molecule has 0 saturated heterocycles. The van der Waals surface area contributed by atoms with E-state index in [9.17, 15) is 14.0 Å². The number of hydrogen-bond donors (Lipinski definition) is 1. The highest BCUT2D eigenvalue weighted by Crippen LogP contribution is 2.17. The first-order valence-corrected chi connectivity index (χ1v) is 11.0. The van der Waals surface area contributed by atoms with E-state index >= 15 is 0 Å². The summed E-state index contributed by atoms with van der Waals surface area (Å²) in [5, 5.41) is 2.83. The molecule has 0 radical (unpaired) electrons. The molecule has 3 rings (SSSR count). The van der Waals surface area contributed by atoms with Crippen LogP contribution in [0.1, 0.15) is 43.9 Å². The fraction of sp³-hybridized carbons (Fsp3) is 0.400. The van der Waals surface area contributed by atoms with Crippen LogP contribution in [-0.2, 0) is 17.9 Å². The second kappa shape index (κ2) is 10.4. The van der Waals surface area contributed by atoms with E-state index in [0.29, 0.717) is 36.3 Å². The van der Waals surface area contributed by atoms with E-state index < -0.39 is 5.82 Å². The van der Waals surface area contributed by atoms with Crippen LogP contribution in [0.15, 0.2) is 48.5 Å². The average Bonchev–Trinajstić information content (AvgIpc) is 3.08. The lowest BCUT2D eigenvalue weighted by atomic mass is 10.1. The summed E-state index contributed by atoms with van der Waals surface area (Å²) in [7, 11) is 0. The second-order valence-corrected chi connectivity index (χ2v) is 8.88. The van der Waals surface area contributed by atoms with Crippen molar-refractivity contribution < 1.29 is 14.0 Å². The molecule has 3 aromatic rings. The van der Waals surface area contributed by atoms with Gasteiger partial charge >= 0.3 is 0 Å². The first-order chi connectivity index (χ1) is 15.2. The van der Waals surface area contributed by atoms with Gasteiger partial charge in [-0.15, -0.1) is 0 Å². The summed E-state index contributed by atoms with van der Waals surface area (Å²) >= 11 is 0. The highest BCUT2D eigenvalue weighted by Gasteiger charge is 2.20. The second-order valence-electron chi connectivity index (χ2n) is 8.88. The predicted octanol–water partition coefficient (Wildman–Crippen LogP) is 4.25. The van der Waals surface area contributed by atoms with E-state index in [1.165, 1.54) is 24.3 Å². The van der Waals surface area contributed by atoms with Crippen LogP contribution in [0.2, 0.25) is 0 Å². The monoisotopic (exact) mass is 438 g/mol. The number of carbonyl (C=O) groups is 2. The average molecular weight is 439 g/mol. The van der Waals surface area contributed by atoms with Gasteiger partial charge in [-0.05, 0) is 48.2 Å². The van der Waals surface area contributed by atoms with E-state index in [-0.39, 0.29) is 24.9 Å². The van der Waals surface area contributed by atoms with Crippen molar-refractivity contribution in [2.75, 3.05) is 13.1 Å². The largest absolute Gasteiger partial charge is 0.345 e. The molecule has 0 saturated carbocycles. The maximum atomic E-state index is 13.2. The molecule has 1 heterocycles. The first-order valence-electron chi connectivity index (χ1n) is 11.0. The topological polar surface area (TPSA) is 67.2 Å². The Morgan fingerprint density at radius 3 is 2.25 bits per heavy atom. The molecule has 0 unspecified atom stereocenters. The Hall–Kier alpha value is -3.22. The van der Waals surface area contributed by atoms with Crippen LogP contribution in [0.5, 0.6) is 0 Å². The molecular formula is C25H31FN4O2. The molecule has 0 aliphatic heterocycles. The van der Waals surface area contributed by atoms with Gasteiger partial charge in [-0.25, -0.2) is 9.37 Å². The number of fused-ring (bicyclic) bond motifs is 1. The van der Waals surface area contributed by atoms with Crippen LogP contribution in [-0.4, -0.2) is 39.4 Å². The fourth-order valence-electron chi connectivity index (χ4n) is 3.69. The van der Waals surface area contributed by atoms with Crippen molar-refractivity contribution >= 4 is 22.8 Å². The molecule has 2 amide bonds. The van der Waals surface area contributed by atoms with Gasteiger partial charge in [0.25, 0.3) is 5.91 Å². The normalized spacial score (nSPS) is 11.3. The van der Waals surface area contributed by atoms with Gasteiger partial charge in [-0.1, -0.05) is 39.8 Å². The number of para-hydroxylation sites is 2. The zero-order valence-corrected chi connectivity index (χ0v) is 19.1. The number of halogens is 1. The molecule has 0 spiro atoms. The van der Waals surface area contributed by atoms with Crippen LogP contribution < -0.4 is 5.32 Å². The van der Waals surface area contributed by atoms with Crippen LogP contribution >= 0.6 is 0 Å². The van der Waals surface area contributed by atoms with Crippen molar-refractivity contribution in [1.82, 2.24) is 19.8 Å². The van der Waals surface area contributed by atoms with Crippen LogP contribution in [0.25, 0.3) is 11.0 Å². The van der Waals surface area contributed by atoms with E-state index in [1.807, 2.05) is 33.7 Å². The van der Waals surface area contributed by atoms with Crippen LogP contribution in [0, 0.1) is 17.7 Å². The number of rotatable bonds is 9. The molecule has 1 N–H and O–H groups in total. The first kappa shape index (κ1) is 23.4. The molecular weight excluding hydrogens is 407 g/mol. The molecule has 0 atom stereocenters. The van der Waals surface area contributed by atoms with Gasteiger partial charge in [0.15, 0.2) is 0 Å². The van der Waals surface area contributed by atoms with Crippen molar-refractivity contribution in [1.29, 1.82) is 0 Å². The quantitative estimate of drug-likeness (QED) is 0.543. The van der Waals surface area contributed by atoms with Gasteiger partial charge < -0.3 is 14.8 Å². The zero-order valence-electron chi connectivity index (χ0n) is 19.1. The summed E-state index contributed by atoms with van der Waals surface area (Å²) < 4.78 is 15.0. The standard InChI is InChI=1S/C25H31FN4O2/c1-17(2)14-29(15-18(3)4)24(31)16-30-22-8-6-5-7-21(22)28-23(30)13-27-25(32)19-9-11-20(26)12-10-19/h5-12,17-18H,13-16H2,1-4H3,(H,27,32). The van der Waals surface area contributed by atoms with Gasteiger partial charge in [-0.3, -0.25) is 9.59 Å². The smallest absolute Gasteiger partial charge is 0.251 e. The molecule has 7 heteroatoms. The highest BCUT2D eigenvalue weighted by molar-refractivity contribution is 5.94. The van der Waals surface area contributed by atoms with E-state index in [4.69, 9.17) is 0 Å². The van der Waals surface area contributed by atoms with Crippen molar-refractivity contribution in [2.45, 2.75) is 40.8 Å². The van der Waals surface area contributed by atoms with Crippen LogP contribution in [0.4, 0.5) is 4.39 Å². The minimum Gasteiger partial charge on any atom is -0.345 e. The third-order valence-corrected chi connectivity index (χ3v) is 5.06. The molecule has 0 fully saturated rings. The molecule has 170 valence electrons. The highest BCUT2D eigenvalue weighted by atomic mass is 19.1. The molecule has 2 aromatic carbocycles. The van der Waals surface area contributed by atoms with Gasteiger partial charge in [0.2, 0.25) is 5.91 Å². The Morgan fingerprint density at radius 2 is 1.62 bits per heavy atom. The van der Waals surface area contributed by atoms with Crippen molar-refractivity contribution in [3.05, 3.63) is 65.7 Å². The molecule has 32 heavy (non-hydrogen) atoms. The number of nitrogens with one attached hydrogen (secondary N) is 1. The molecule has 0 aliphatic rings. The van der Waals surface area contributed by atoms with Crippen LogP contribution in [0.3, 0.4) is 0 Å². The SMILES string of the molecule is CC(C)CN(CC(C)C)C(=O)Cn1c(CNC(=O)c2ccc(F)cc2)nc2ccccc21. The summed E-state index contributed by atoms with van der Waals surface area (Å²) in [4.78, 5) is 32.3. The Balaban J connectivity index is 1.82. The van der Waals surface area contributed by atoms with Gasteiger partial charge in [0.05, 0.1) is 17.6 Å². The van der Waals surface area contributed by atoms with Crippen molar-refractivity contribution in [3.8, 4) is 0 Å². The summed E-state index contributed by atoms with van der Waals surface area (Å²) in [6, 6.07) is 13.0. The number of hydrogen-bond acceptors (Lipinski definition) is 3. The Kier molecular flexibility index (Phi) is 7.62. The zero-order chi connectivity index (χ0) is 23.3. The number of nitrogens with zero attached hydrogens (tertiary/aromatic N) is 3. The third kappa shape index (κ3) is 5.93. The maximum Gasteiger partial charge on any atom is 0.251 e. The maximum absolute atomic E-state index is 13.2. The number of carbonyl (C=O) groups excluding carboxylic acids is 2. The lowest BCUT2D eigenvalue weighted by Crippen LogP contribution is -2.39. The number of benzene rings is 2. The summed E-state index contributed by atoms with van der Waals surface area (Å²) in [5.41, 5.74) is 1.98. The minimum absolute atomic E-state index is 0.0293. The van der Waals surface area contributed by atoms with Gasteiger partial charge in [0.1, 0.15) is 18.2 Å². The number of aromatic nitrogens is 2. The van der Waals surface area contributed by atoms with E-state index in [1.54, 1.807) is 0 Å². The molecule has 1 aromatic heterocycles. The third-order valence-electron chi connectivity index (χ3n) is 5.06. The Morgan fingerprint density at radius 1 is 1.00 bits per heavy atom. The minimum atomic E-state index is -0.394. The lowest BCUT2D eigenvalue weighted by Gasteiger charge is -2.27. The summed E-state index contributed by atoms with van der Waals surface area (Å²) in [6.07, 6.45) is 0. The lowest BCUT2D eigenvalue weighted by molar-refractivity contribution is -0.132. The molecule has 0 bridgehead atoms. The van der Waals surface area contributed by atoms with Gasteiger partial charge in [-0.2, -0.15) is 0 Å². The summed E-state index contributed by atoms with van der Waals surface area (Å²) in [5.74, 6) is 0.648. The fourth-order valence-corrected chi connectivity index (χ4v) is 3.69. The number of imidazole rings is 1.